The lowest BCUT2D eigenvalue weighted by Crippen LogP contribution is -2.22. The molecule has 0 radical (unpaired) electrons. The normalized spacial score (nSPS) is 11.5. The van der Waals surface area contributed by atoms with Crippen LogP contribution in [0.2, 0.25) is 0 Å². The van der Waals surface area contributed by atoms with E-state index in [4.69, 9.17) is 4.74 Å². The van der Waals surface area contributed by atoms with Crippen LogP contribution in [0.5, 0.6) is 5.75 Å². The van der Waals surface area contributed by atoms with Crippen LogP contribution in [0.25, 0.3) is 0 Å². The highest BCUT2D eigenvalue weighted by Gasteiger charge is 2.04. The maximum atomic E-state index is 12.0. The highest BCUT2D eigenvalue weighted by molar-refractivity contribution is 5.93. The number of nitrogens with zero attached hydrogens (tertiary/aromatic N) is 2. The predicted molar refractivity (Wildman–Crippen MR) is 95.3 cm³/mol. The highest BCUT2D eigenvalue weighted by Crippen LogP contribution is 2.13. The zero-order valence-corrected chi connectivity index (χ0v) is 13.9. The molecule has 0 atom stereocenters. The first-order chi connectivity index (χ1) is 11.7. The maximum absolute atomic E-state index is 12.0. The largest absolute Gasteiger partial charge is 0.487 e. The van der Waals surface area contributed by atoms with E-state index in [9.17, 15) is 4.79 Å². The van der Waals surface area contributed by atoms with E-state index in [1.165, 1.54) is 0 Å². The van der Waals surface area contributed by atoms with Crippen molar-refractivity contribution in [1.82, 2.24) is 10.3 Å². The van der Waals surface area contributed by atoms with Crippen molar-refractivity contribution < 1.29 is 9.53 Å². The molecule has 0 bridgehead atoms. The van der Waals surface area contributed by atoms with Crippen molar-refractivity contribution in [2.24, 2.45) is 4.99 Å². The lowest BCUT2D eigenvalue weighted by molar-refractivity contribution is 0.0950. The molecule has 5 heteroatoms. The van der Waals surface area contributed by atoms with Crippen LogP contribution in [-0.4, -0.2) is 23.7 Å². The monoisotopic (exact) mass is 323 g/mol. The number of hydrogen-bond donors (Lipinski definition) is 1. The molecule has 124 valence electrons. The van der Waals surface area contributed by atoms with Crippen LogP contribution in [0.4, 0.5) is 0 Å². The molecule has 1 aromatic carbocycles. The molecule has 1 amide bonds. The van der Waals surface area contributed by atoms with Gasteiger partial charge in [-0.05, 0) is 43.7 Å². The van der Waals surface area contributed by atoms with Gasteiger partial charge in [0.15, 0.2) is 0 Å². The van der Waals surface area contributed by atoms with E-state index >= 15 is 0 Å². The van der Waals surface area contributed by atoms with Gasteiger partial charge in [0.25, 0.3) is 5.91 Å². The van der Waals surface area contributed by atoms with Crippen molar-refractivity contribution in [3.05, 3.63) is 71.7 Å². The van der Waals surface area contributed by atoms with Crippen LogP contribution in [0.3, 0.4) is 0 Å². The van der Waals surface area contributed by atoms with Gasteiger partial charge in [0, 0.05) is 25.2 Å². The summed E-state index contributed by atoms with van der Waals surface area (Å²) in [6.45, 7) is 4.68. The molecule has 0 unspecified atom stereocenters. The van der Waals surface area contributed by atoms with Crippen molar-refractivity contribution in [2.75, 3.05) is 6.61 Å². The summed E-state index contributed by atoms with van der Waals surface area (Å²) < 4.78 is 5.68. The number of pyridine rings is 1. The van der Waals surface area contributed by atoms with Gasteiger partial charge in [-0.25, -0.2) is 0 Å². The third-order valence-corrected chi connectivity index (χ3v) is 3.32. The number of ether oxygens (including phenoxy) is 1. The zero-order valence-electron chi connectivity index (χ0n) is 13.9. The molecule has 0 aliphatic heterocycles. The van der Waals surface area contributed by atoms with Gasteiger partial charge in [-0.1, -0.05) is 18.2 Å². The molecular formula is C19H21N3O2. The molecule has 0 saturated heterocycles. The Morgan fingerprint density at radius 1 is 1.25 bits per heavy atom. The second-order valence-corrected chi connectivity index (χ2v) is 5.02. The number of aromatic nitrogens is 1. The first kappa shape index (κ1) is 17.4. The summed E-state index contributed by atoms with van der Waals surface area (Å²) in [6.07, 6.45) is 6.85. The van der Waals surface area contributed by atoms with Crippen molar-refractivity contribution in [1.29, 1.82) is 0 Å². The van der Waals surface area contributed by atoms with Crippen LogP contribution in [0, 0.1) is 0 Å². The van der Waals surface area contributed by atoms with Gasteiger partial charge >= 0.3 is 0 Å². The van der Waals surface area contributed by atoms with Crippen molar-refractivity contribution in [2.45, 2.75) is 20.4 Å². The van der Waals surface area contributed by atoms with Crippen LogP contribution in [0.1, 0.15) is 29.8 Å². The number of rotatable bonds is 7. The predicted octanol–water partition coefficient (Wildman–Crippen LogP) is 3.38. The zero-order chi connectivity index (χ0) is 17.2. The van der Waals surface area contributed by atoms with E-state index in [1.807, 2.05) is 44.2 Å². The van der Waals surface area contributed by atoms with Gasteiger partial charge in [0.05, 0.1) is 11.3 Å². The Hall–Kier alpha value is -2.95. The van der Waals surface area contributed by atoms with E-state index in [0.29, 0.717) is 18.7 Å². The Balaban J connectivity index is 1.85. The second-order valence-electron chi connectivity index (χ2n) is 5.02. The number of carbonyl (C=O) groups excluding carboxylic acids is 1. The van der Waals surface area contributed by atoms with Crippen LogP contribution < -0.4 is 10.1 Å². The number of nitrogens with one attached hydrogen (secondary N) is 1. The number of aliphatic imine (C=N–C) groups is 1. The summed E-state index contributed by atoms with van der Waals surface area (Å²) in [5.74, 6) is 0.626. The fraction of sp³-hybridized carbons (Fsp3) is 0.211. The van der Waals surface area contributed by atoms with Crippen molar-refractivity contribution >= 4 is 12.1 Å². The summed E-state index contributed by atoms with van der Waals surface area (Å²) in [5.41, 5.74) is 2.43. The average molecular weight is 323 g/mol. The van der Waals surface area contributed by atoms with Crippen LogP contribution in [-0.2, 0) is 6.54 Å². The van der Waals surface area contributed by atoms with Crippen LogP contribution in [0.15, 0.2) is 65.6 Å². The number of hydrogen-bond acceptors (Lipinski definition) is 4. The van der Waals surface area contributed by atoms with E-state index < -0.39 is 0 Å². The Kier molecular flexibility index (Phi) is 6.71. The molecule has 1 aromatic heterocycles. The minimum absolute atomic E-state index is 0.140. The molecule has 2 aromatic rings. The quantitative estimate of drug-likeness (QED) is 0.794. The van der Waals surface area contributed by atoms with Gasteiger partial charge in [0.1, 0.15) is 12.4 Å². The lowest BCUT2D eigenvalue weighted by Gasteiger charge is -2.08. The number of allylic oxidation sites excluding steroid dienone is 1. The third-order valence-electron chi connectivity index (χ3n) is 3.32. The summed E-state index contributed by atoms with van der Waals surface area (Å²) >= 11 is 0. The van der Waals surface area contributed by atoms with Crippen molar-refractivity contribution in [3.8, 4) is 5.75 Å². The van der Waals surface area contributed by atoms with Crippen LogP contribution >= 0.6 is 0 Å². The topological polar surface area (TPSA) is 63.6 Å². The Labute approximate surface area is 142 Å². The number of carbonyl (C=O) groups is 1. The Bertz CT molecular complexity index is 707. The fourth-order valence-corrected chi connectivity index (χ4v) is 2.00. The molecule has 0 saturated carbocycles. The summed E-state index contributed by atoms with van der Waals surface area (Å²) in [7, 11) is 0. The SMILES string of the molecule is CC=N/C(=C\C)COc1ccc(CNC(=O)c2cccnc2)cc1. The molecule has 0 aliphatic rings. The molecule has 24 heavy (non-hydrogen) atoms. The average Bonchev–Trinajstić information content (AvgIpc) is 2.64. The third kappa shape index (κ3) is 5.35. The molecule has 0 aliphatic carbocycles. The first-order valence-electron chi connectivity index (χ1n) is 7.76. The molecule has 0 spiro atoms. The smallest absolute Gasteiger partial charge is 0.253 e. The van der Waals surface area contributed by atoms with E-state index in [2.05, 4.69) is 15.3 Å². The molecule has 1 N–H and O–H groups in total. The van der Waals surface area contributed by atoms with Gasteiger partial charge < -0.3 is 10.1 Å². The number of benzene rings is 1. The lowest BCUT2D eigenvalue weighted by atomic mass is 10.2. The minimum Gasteiger partial charge on any atom is -0.487 e. The summed E-state index contributed by atoms with van der Waals surface area (Å²) in [4.78, 5) is 20.1. The minimum atomic E-state index is -0.140. The molecule has 1 heterocycles. The second kappa shape index (κ2) is 9.25. The maximum Gasteiger partial charge on any atom is 0.253 e. The summed E-state index contributed by atoms with van der Waals surface area (Å²) in [5, 5.41) is 2.86. The molecule has 0 fully saturated rings. The van der Waals surface area contributed by atoms with Gasteiger partial charge in [-0.15, -0.1) is 0 Å². The van der Waals surface area contributed by atoms with Gasteiger partial charge in [-0.2, -0.15) is 0 Å². The van der Waals surface area contributed by atoms with E-state index in [1.54, 1.807) is 30.7 Å². The van der Waals surface area contributed by atoms with Gasteiger partial charge in [-0.3, -0.25) is 14.8 Å². The Morgan fingerprint density at radius 3 is 2.67 bits per heavy atom. The molecule has 5 nitrogen and oxygen atoms in total. The molecular weight excluding hydrogens is 302 g/mol. The van der Waals surface area contributed by atoms with E-state index in [0.717, 1.165) is 17.0 Å². The first-order valence-corrected chi connectivity index (χ1v) is 7.76. The van der Waals surface area contributed by atoms with E-state index in [-0.39, 0.29) is 5.91 Å². The Morgan fingerprint density at radius 2 is 2.04 bits per heavy atom. The standard InChI is InChI=1S/C19H21N3O2/c1-3-17(21-4-2)14-24-18-9-7-15(8-10-18)12-22-19(23)16-6-5-11-20-13-16/h3-11,13H,12,14H2,1-2H3,(H,22,23)/b17-3-,21-4?. The van der Waals surface area contributed by atoms with Crippen molar-refractivity contribution in [3.63, 3.8) is 0 Å². The van der Waals surface area contributed by atoms with Gasteiger partial charge in [0.2, 0.25) is 0 Å². The fourth-order valence-electron chi connectivity index (χ4n) is 2.00. The highest BCUT2D eigenvalue weighted by atomic mass is 16.5. The molecule has 2 rings (SSSR count). The number of amides is 1. The summed E-state index contributed by atoms with van der Waals surface area (Å²) in [6, 6.07) is 11.1.